The summed E-state index contributed by atoms with van der Waals surface area (Å²) in [7, 11) is 0. The molecule has 27 heavy (non-hydrogen) atoms. The lowest BCUT2D eigenvalue weighted by Crippen LogP contribution is -2.09. The summed E-state index contributed by atoms with van der Waals surface area (Å²) in [5.41, 5.74) is 4.06. The molecular formula is C23H20N2O2. The Hall–Kier alpha value is -3.40. The molecule has 3 aromatic carbocycles. The number of hydrogen-bond acceptors (Lipinski definition) is 4. The molecule has 0 saturated heterocycles. The number of rotatable bonds is 4. The number of nitrogens with one attached hydrogen (secondary N) is 1. The van der Waals surface area contributed by atoms with Crippen molar-refractivity contribution in [3.8, 4) is 0 Å². The number of benzene rings is 3. The molecule has 0 spiro atoms. The number of hydrogen-bond donors (Lipinski definition) is 1. The Morgan fingerprint density at radius 1 is 1.04 bits per heavy atom. The lowest BCUT2D eigenvalue weighted by atomic mass is 10.0. The minimum Gasteiger partial charge on any atom is -0.462 e. The van der Waals surface area contributed by atoms with Gasteiger partial charge in [-0.2, -0.15) is 0 Å². The van der Waals surface area contributed by atoms with Crippen molar-refractivity contribution in [1.29, 1.82) is 0 Å². The zero-order valence-corrected chi connectivity index (χ0v) is 15.3. The van der Waals surface area contributed by atoms with Gasteiger partial charge in [0, 0.05) is 22.7 Å². The molecule has 0 unspecified atom stereocenters. The molecule has 1 heterocycles. The SMILES string of the molecule is CCOC(=O)c1cnc2c(ccc3ccccc32)c1Nc1cccc(C)c1. The van der Waals surface area contributed by atoms with Gasteiger partial charge in [0.1, 0.15) is 5.56 Å². The number of carbonyl (C=O) groups is 1. The molecule has 0 aliphatic rings. The lowest BCUT2D eigenvalue weighted by molar-refractivity contribution is 0.0527. The van der Waals surface area contributed by atoms with Crippen molar-refractivity contribution in [2.45, 2.75) is 13.8 Å². The standard InChI is InChI=1S/C23H20N2O2/c1-3-27-23(26)20-14-24-21-18-10-5-4-8-16(18)11-12-19(21)22(20)25-17-9-6-7-15(2)13-17/h4-14H,3H2,1-2H3,(H,24,25). The van der Waals surface area contributed by atoms with E-state index in [1.165, 1.54) is 0 Å². The zero-order chi connectivity index (χ0) is 18.8. The van der Waals surface area contributed by atoms with Gasteiger partial charge in [-0.05, 0) is 36.9 Å². The second-order valence-corrected chi connectivity index (χ2v) is 6.44. The first kappa shape index (κ1) is 17.0. The second-order valence-electron chi connectivity index (χ2n) is 6.44. The Labute approximate surface area is 157 Å². The predicted octanol–water partition coefficient (Wildman–Crippen LogP) is 5.62. The molecule has 0 saturated carbocycles. The summed E-state index contributed by atoms with van der Waals surface area (Å²) < 4.78 is 5.25. The highest BCUT2D eigenvalue weighted by molar-refractivity contribution is 6.13. The number of aryl methyl sites for hydroxylation is 1. The van der Waals surface area contributed by atoms with Crippen molar-refractivity contribution in [1.82, 2.24) is 4.98 Å². The van der Waals surface area contributed by atoms with Crippen LogP contribution in [0.4, 0.5) is 11.4 Å². The number of pyridine rings is 1. The van der Waals surface area contributed by atoms with Crippen molar-refractivity contribution < 1.29 is 9.53 Å². The van der Waals surface area contributed by atoms with E-state index in [2.05, 4.69) is 22.4 Å². The summed E-state index contributed by atoms with van der Waals surface area (Å²) in [6.45, 7) is 4.15. The molecule has 1 aromatic heterocycles. The van der Waals surface area contributed by atoms with Gasteiger partial charge in [-0.25, -0.2) is 4.79 Å². The number of carbonyl (C=O) groups excluding carboxylic acids is 1. The first-order valence-electron chi connectivity index (χ1n) is 8.98. The molecule has 0 fully saturated rings. The van der Waals surface area contributed by atoms with Crippen molar-refractivity contribution in [2.75, 3.05) is 11.9 Å². The predicted molar refractivity (Wildman–Crippen MR) is 110 cm³/mol. The van der Waals surface area contributed by atoms with E-state index in [1.54, 1.807) is 13.1 Å². The third kappa shape index (κ3) is 3.22. The fourth-order valence-corrected chi connectivity index (χ4v) is 3.30. The molecule has 0 aliphatic carbocycles. The summed E-state index contributed by atoms with van der Waals surface area (Å²) >= 11 is 0. The Kier molecular flexibility index (Phi) is 4.47. The molecule has 0 aliphatic heterocycles. The van der Waals surface area contributed by atoms with Gasteiger partial charge in [-0.15, -0.1) is 0 Å². The summed E-state index contributed by atoms with van der Waals surface area (Å²) in [5.74, 6) is -0.379. The highest BCUT2D eigenvalue weighted by atomic mass is 16.5. The van der Waals surface area contributed by atoms with Crippen LogP contribution in [0.1, 0.15) is 22.8 Å². The highest BCUT2D eigenvalue weighted by Crippen LogP contribution is 2.33. The summed E-state index contributed by atoms with van der Waals surface area (Å²) in [5, 5.41) is 6.48. The molecule has 0 atom stereocenters. The fourth-order valence-electron chi connectivity index (χ4n) is 3.30. The minimum absolute atomic E-state index is 0.318. The number of esters is 1. The highest BCUT2D eigenvalue weighted by Gasteiger charge is 2.18. The third-order valence-corrected chi connectivity index (χ3v) is 4.54. The molecule has 1 N–H and O–H groups in total. The number of anilines is 2. The summed E-state index contributed by atoms with van der Waals surface area (Å²) in [6.07, 6.45) is 1.60. The van der Waals surface area contributed by atoms with E-state index in [1.807, 2.05) is 55.5 Å². The topological polar surface area (TPSA) is 51.2 Å². The van der Waals surface area contributed by atoms with E-state index in [9.17, 15) is 4.79 Å². The maximum atomic E-state index is 12.5. The maximum absolute atomic E-state index is 12.5. The van der Waals surface area contributed by atoms with E-state index in [0.717, 1.165) is 38.6 Å². The smallest absolute Gasteiger partial charge is 0.341 e. The monoisotopic (exact) mass is 356 g/mol. The third-order valence-electron chi connectivity index (χ3n) is 4.54. The average Bonchev–Trinajstić information content (AvgIpc) is 2.68. The van der Waals surface area contributed by atoms with E-state index >= 15 is 0 Å². The van der Waals surface area contributed by atoms with Crippen LogP contribution in [-0.4, -0.2) is 17.6 Å². The second kappa shape index (κ2) is 7.08. The van der Waals surface area contributed by atoms with E-state index in [-0.39, 0.29) is 5.97 Å². The van der Waals surface area contributed by atoms with Crippen LogP contribution in [0.3, 0.4) is 0 Å². The first-order valence-corrected chi connectivity index (χ1v) is 8.98. The average molecular weight is 356 g/mol. The van der Waals surface area contributed by atoms with Crippen LogP contribution in [-0.2, 0) is 4.74 Å². The van der Waals surface area contributed by atoms with Crippen molar-refractivity contribution in [2.24, 2.45) is 0 Å². The zero-order valence-electron chi connectivity index (χ0n) is 15.3. The van der Waals surface area contributed by atoms with Gasteiger partial charge in [-0.3, -0.25) is 4.98 Å². The molecule has 0 bridgehead atoms. The summed E-state index contributed by atoms with van der Waals surface area (Å²) in [6, 6.07) is 20.2. The molecule has 4 nitrogen and oxygen atoms in total. The Morgan fingerprint density at radius 2 is 1.89 bits per heavy atom. The fraction of sp³-hybridized carbons (Fsp3) is 0.130. The Balaban J connectivity index is 1.96. The Morgan fingerprint density at radius 3 is 2.70 bits per heavy atom. The van der Waals surface area contributed by atoms with Crippen LogP contribution in [0.5, 0.6) is 0 Å². The van der Waals surface area contributed by atoms with Crippen LogP contribution in [0.25, 0.3) is 21.7 Å². The molecule has 0 amide bonds. The van der Waals surface area contributed by atoms with Gasteiger partial charge in [-0.1, -0.05) is 48.5 Å². The summed E-state index contributed by atoms with van der Waals surface area (Å²) in [4.78, 5) is 17.1. The minimum atomic E-state index is -0.379. The number of fused-ring (bicyclic) bond motifs is 3. The normalized spacial score (nSPS) is 10.9. The molecule has 4 aromatic rings. The molecular weight excluding hydrogens is 336 g/mol. The van der Waals surface area contributed by atoms with E-state index < -0.39 is 0 Å². The van der Waals surface area contributed by atoms with Crippen LogP contribution in [0.2, 0.25) is 0 Å². The van der Waals surface area contributed by atoms with Gasteiger partial charge in [0.15, 0.2) is 0 Å². The van der Waals surface area contributed by atoms with Gasteiger partial charge < -0.3 is 10.1 Å². The molecule has 4 heteroatoms. The Bertz CT molecular complexity index is 1150. The van der Waals surface area contributed by atoms with Crippen LogP contribution in [0, 0.1) is 6.92 Å². The van der Waals surface area contributed by atoms with Crippen molar-refractivity contribution in [3.05, 3.63) is 78.0 Å². The largest absolute Gasteiger partial charge is 0.462 e. The van der Waals surface area contributed by atoms with Crippen LogP contribution in [0.15, 0.2) is 66.9 Å². The number of aromatic nitrogens is 1. The van der Waals surface area contributed by atoms with Crippen molar-refractivity contribution >= 4 is 39.0 Å². The number of nitrogens with zero attached hydrogens (tertiary/aromatic N) is 1. The van der Waals surface area contributed by atoms with Gasteiger partial charge in [0.25, 0.3) is 0 Å². The first-order chi connectivity index (χ1) is 13.2. The molecule has 0 radical (unpaired) electrons. The molecule has 4 rings (SSSR count). The van der Waals surface area contributed by atoms with E-state index in [4.69, 9.17) is 4.74 Å². The lowest BCUT2D eigenvalue weighted by Gasteiger charge is -2.15. The molecule has 134 valence electrons. The van der Waals surface area contributed by atoms with Gasteiger partial charge >= 0.3 is 5.97 Å². The van der Waals surface area contributed by atoms with Gasteiger partial charge in [0.05, 0.1) is 17.8 Å². The van der Waals surface area contributed by atoms with Crippen LogP contribution >= 0.6 is 0 Å². The van der Waals surface area contributed by atoms with Crippen LogP contribution < -0.4 is 5.32 Å². The van der Waals surface area contributed by atoms with Crippen molar-refractivity contribution in [3.63, 3.8) is 0 Å². The number of ether oxygens (including phenoxy) is 1. The van der Waals surface area contributed by atoms with E-state index in [0.29, 0.717) is 12.2 Å². The van der Waals surface area contributed by atoms with Gasteiger partial charge in [0.2, 0.25) is 0 Å². The quantitative estimate of drug-likeness (QED) is 0.381. The maximum Gasteiger partial charge on any atom is 0.341 e.